The van der Waals surface area contributed by atoms with Crippen LogP contribution >= 0.6 is 28.2 Å². The van der Waals surface area contributed by atoms with Gasteiger partial charge in [0.25, 0.3) is 13.0 Å². The summed E-state index contributed by atoms with van der Waals surface area (Å²) in [7, 11) is 0.308. The van der Waals surface area contributed by atoms with E-state index in [1.165, 1.54) is 0 Å². The lowest BCUT2D eigenvalue weighted by atomic mass is 11.6. The van der Waals surface area contributed by atoms with Gasteiger partial charge in [-0.25, -0.2) is 20.3 Å². The second kappa shape index (κ2) is 10.4. The zero-order chi connectivity index (χ0) is 6.28. The quantitative estimate of drug-likeness (QED) is 0.417. The van der Waals surface area contributed by atoms with Gasteiger partial charge >= 0.3 is 0 Å². The molecule has 0 aliphatic heterocycles. The normalized spacial score (nSPS) is 11.3. The molecule has 0 bridgehead atoms. The van der Waals surface area contributed by atoms with Gasteiger partial charge in [-0.1, -0.05) is 0 Å². The zero-order valence-corrected chi connectivity index (χ0v) is 9.07. The standard InChI is InChI=1S/C2H8NOP.Al.HI.H/c1-3-5(2)4;;;/h5H,1-2H3,(H,3,4);;1H;/q;+1;;/p-1. The Morgan fingerprint density at radius 3 is 1.86 bits per heavy atom. The van der Waals surface area contributed by atoms with E-state index in [9.17, 15) is 4.57 Å². The molecule has 0 aliphatic carbocycles. The van der Waals surface area contributed by atoms with Crippen LogP contribution in [0.3, 0.4) is 0 Å². The van der Waals surface area contributed by atoms with E-state index in [1.807, 2.05) is 13.0 Å². The van der Waals surface area contributed by atoms with Gasteiger partial charge in [0.15, 0.2) is 0 Å². The summed E-state index contributed by atoms with van der Waals surface area (Å²) in [4.78, 5) is 0. The van der Waals surface area contributed by atoms with Gasteiger partial charge in [0.2, 0.25) is 0 Å². The van der Waals surface area contributed by atoms with Crippen molar-refractivity contribution in [2.75, 3.05) is 13.7 Å². The van der Waals surface area contributed by atoms with E-state index in [0.29, 0.717) is 0 Å². The topological polar surface area (TPSA) is 29.1 Å². The number of nitrogens with one attached hydrogen (secondary N) is 1. The van der Waals surface area contributed by atoms with Gasteiger partial charge in [0, 0.05) is 0 Å². The van der Waals surface area contributed by atoms with Gasteiger partial charge < -0.3 is 4.57 Å². The molecular weight excluding hydrogens is 239 g/mol. The van der Waals surface area contributed by atoms with E-state index in [1.54, 1.807) is 13.7 Å². The largest absolute Gasteiger partial charge is 0.310 e. The molecule has 0 aromatic carbocycles. The van der Waals surface area contributed by atoms with Gasteiger partial charge in [0.05, 0.1) is 0 Å². The number of halogens is 1. The van der Waals surface area contributed by atoms with Crippen molar-refractivity contribution in [3.05, 3.63) is 0 Å². The Labute approximate surface area is 64.4 Å². The van der Waals surface area contributed by atoms with Crippen molar-refractivity contribution in [3.8, 4) is 0 Å². The summed E-state index contributed by atoms with van der Waals surface area (Å²) in [6.07, 6.45) is 0. The Balaban J connectivity index is 0. The first-order chi connectivity index (χ1) is 3.27. The maximum Gasteiger partial charge on any atom is 0.284 e. The van der Waals surface area contributed by atoms with Crippen molar-refractivity contribution in [1.29, 1.82) is 0 Å². The molecule has 7 heavy (non-hydrogen) atoms. The number of hydrogen-bond acceptors (Lipinski definition) is 1. The molecule has 1 unspecified atom stereocenters. The van der Waals surface area contributed by atoms with Crippen LogP contribution in [-0.4, -0.2) is 26.7 Å². The monoisotopic (exact) mass is 248 g/mol. The first-order valence-corrected chi connectivity index (χ1v) is 8.74. The predicted octanol–water partition coefficient (Wildman–Crippen LogP) is 0.547. The summed E-state index contributed by atoms with van der Waals surface area (Å²) >= 11 is 4.01. The van der Waals surface area contributed by atoms with Crippen molar-refractivity contribution < 1.29 is 4.57 Å². The van der Waals surface area contributed by atoms with Crippen LogP contribution in [0.2, 0.25) is 0 Å². The van der Waals surface area contributed by atoms with Crippen LogP contribution in [0.5, 0.6) is 0 Å². The molecule has 0 aromatic rings. The van der Waals surface area contributed by atoms with Crippen molar-refractivity contribution >= 4 is 41.2 Å². The van der Waals surface area contributed by atoms with Crippen LogP contribution in [-0.2, 0) is 4.57 Å². The maximum absolute atomic E-state index is 9.89. The lowest BCUT2D eigenvalue weighted by Crippen LogP contribution is -1.86. The second-order valence-corrected chi connectivity index (χ2v) is 2.42. The predicted molar refractivity (Wildman–Crippen MR) is 45.2 cm³/mol. The van der Waals surface area contributed by atoms with Gasteiger partial charge in [-0.05, 0) is 13.7 Å². The van der Waals surface area contributed by atoms with Crippen molar-refractivity contribution in [3.63, 3.8) is 0 Å². The lowest BCUT2D eigenvalue weighted by Gasteiger charge is -1.80. The first kappa shape index (κ1) is 11.3. The number of hydrogen-bond donors (Lipinski definition) is 1. The highest BCUT2D eigenvalue weighted by molar-refractivity contribution is 14.1. The molecule has 0 heterocycles. The third kappa shape index (κ3) is 18.6. The minimum absolute atomic E-state index is 1.37. The molecule has 0 rings (SSSR count). The fourth-order valence-electron chi connectivity index (χ4n) is 0. The molecule has 0 saturated carbocycles. The Morgan fingerprint density at radius 1 is 1.71 bits per heavy atom. The molecule has 1 atom stereocenters. The number of rotatable bonds is 1. The van der Waals surface area contributed by atoms with Gasteiger partial charge in [-0.2, -0.15) is 0 Å². The van der Waals surface area contributed by atoms with Crippen LogP contribution in [0.25, 0.3) is 0 Å². The van der Waals surface area contributed by atoms with Crippen LogP contribution in [0, 0.1) is 0 Å². The van der Waals surface area contributed by atoms with E-state index >= 15 is 0 Å². The minimum atomic E-state index is -1.37. The van der Waals surface area contributed by atoms with E-state index < -0.39 is 7.95 Å². The van der Waals surface area contributed by atoms with Gasteiger partial charge in [0.1, 0.15) is 7.95 Å². The average molecular weight is 248 g/mol. The molecule has 2 nitrogen and oxygen atoms in total. The Morgan fingerprint density at radius 2 is 1.86 bits per heavy atom. The molecule has 0 spiro atoms. The van der Waals surface area contributed by atoms with Crippen LogP contribution < -0.4 is 5.09 Å². The Bertz CT molecular complexity index is 53.0. The van der Waals surface area contributed by atoms with Crippen LogP contribution in [0.1, 0.15) is 0 Å². The summed E-state index contributed by atoms with van der Waals surface area (Å²) in [6.45, 7) is 1.66. The molecule has 43 valence electrons. The fraction of sp³-hybridized carbons (Fsp3) is 1.00. The second-order valence-electron chi connectivity index (χ2n) is 0.806. The van der Waals surface area contributed by atoms with Crippen LogP contribution in [0.15, 0.2) is 0 Å². The van der Waals surface area contributed by atoms with Crippen LogP contribution in [0.4, 0.5) is 0 Å². The van der Waals surface area contributed by atoms with E-state index in [-0.39, 0.29) is 0 Å². The zero-order valence-electron chi connectivity index (χ0n) is 4.49. The summed E-state index contributed by atoms with van der Waals surface area (Å²) in [5.41, 5.74) is 0. The Kier molecular flexibility index (Phi) is 16.8. The fourth-order valence-corrected chi connectivity index (χ4v) is 0. The molecule has 1 N–H and O–H groups in total. The SMILES string of the molecule is CN[PH](C)=O.[AlH][I]. The highest BCUT2D eigenvalue weighted by Crippen LogP contribution is 2.00. The summed E-state index contributed by atoms with van der Waals surface area (Å²) in [6, 6.07) is 0. The average Bonchev–Trinajstić information content (AvgIpc) is 1.73. The highest BCUT2D eigenvalue weighted by atomic mass is 127. The maximum atomic E-state index is 9.89. The molecule has 0 fully saturated rings. The summed E-state index contributed by atoms with van der Waals surface area (Å²) in [5, 5.41) is 2.57. The van der Waals surface area contributed by atoms with Gasteiger partial charge in [-0.15, -0.1) is 0 Å². The summed E-state index contributed by atoms with van der Waals surface area (Å²) in [5.74, 6) is 0. The molecule has 0 aromatic heterocycles. The van der Waals surface area contributed by atoms with E-state index in [4.69, 9.17) is 0 Å². The van der Waals surface area contributed by atoms with E-state index in [2.05, 4.69) is 25.4 Å². The molecule has 1 radical (unpaired) electrons. The third-order valence-electron chi connectivity index (χ3n) is 0.352. The van der Waals surface area contributed by atoms with Crippen molar-refractivity contribution in [2.45, 2.75) is 0 Å². The van der Waals surface area contributed by atoms with Gasteiger partial charge in [-0.3, -0.25) is 5.09 Å². The molecule has 0 saturated heterocycles. The molecule has 0 amide bonds. The Hall–Kier alpha value is 1.45. The van der Waals surface area contributed by atoms with Crippen molar-refractivity contribution in [2.24, 2.45) is 0 Å². The first-order valence-electron chi connectivity index (χ1n) is 1.72. The highest BCUT2D eigenvalue weighted by Gasteiger charge is 1.70. The van der Waals surface area contributed by atoms with Crippen molar-refractivity contribution in [1.82, 2.24) is 5.09 Å². The molecular formula is C2H9AlINOP. The molecule has 5 heteroatoms. The third-order valence-corrected chi connectivity index (χ3v) is 1.06. The van der Waals surface area contributed by atoms with E-state index in [0.717, 1.165) is 0 Å². The smallest absolute Gasteiger partial charge is 0.284 e. The summed E-state index contributed by atoms with van der Waals surface area (Å²) < 4.78 is 9.89. The molecule has 0 aliphatic rings. The minimum Gasteiger partial charge on any atom is -0.310 e. The lowest BCUT2D eigenvalue weighted by molar-refractivity contribution is 0.586.